The maximum atomic E-state index is 13.2. The molecule has 3 atom stereocenters. The first kappa shape index (κ1) is 19.9. The van der Waals surface area contributed by atoms with Crippen LogP contribution in [0.4, 0.5) is 4.39 Å². The predicted molar refractivity (Wildman–Crippen MR) is 109 cm³/mol. The van der Waals surface area contributed by atoms with Crippen molar-refractivity contribution in [3.05, 3.63) is 71.9 Å². The maximum absolute atomic E-state index is 13.2. The topological polar surface area (TPSA) is 21.3 Å². The second-order valence-corrected chi connectivity index (χ2v) is 8.13. The van der Waals surface area contributed by atoms with E-state index >= 15 is 0 Å². The van der Waals surface area contributed by atoms with E-state index in [1.807, 2.05) is 12.1 Å². The van der Waals surface area contributed by atoms with E-state index in [0.29, 0.717) is 23.8 Å². The highest BCUT2D eigenvalue weighted by Gasteiger charge is 2.30. The van der Waals surface area contributed by atoms with Gasteiger partial charge in [0.25, 0.3) is 0 Å². The molecule has 1 aliphatic heterocycles. The van der Waals surface area contributed by atoms with Crippen molar-refractivity contribution < 1.29 is 9.13 Å². The fraction of sp³-hybridized carbons (Fsp3) is 0.458. The van der Waals surface area contributed by atoms with Crippen LogP contribution in [0.2, 0.25) is 0 Å². The molecule has 1 N–H and O–H groups in total. The monoisotopic (exact) mass is 368 g/mol. The minimum absolute atomic E-state index is 0.170. The van der Waals surface area contributed by atoms with Crippen LogP contribution >= 0.6 is 0 Å². The molecule has 145 valence electrons. The molecule has 3 rings (SSSR count). The lowest BCUT2D eigenvalue weighted by Crippen LogP contribution is -2.45. The molecule has 0 aliphatic carbocycles. The van der Waals surface area contributed by atoms with Crippen molar-refractivity contribution >= 4 is 0 Å². The molecule has 0 aromatic heterocycles. The average molecular weight is 369 g/mol. The van der Waals surface area contributed by atoms with E-state index in [-0.39, 0.29) is 5.82 Å². The van der Waals surface area contributed by atoms with E-state index in [0.717, 1.165) is 31.7 Å². The summed E-state index contributed by atoms with van der Waals surface area (Å²) in [6.07, 6.45) is 4.49. The van der Waals surface area contributed by atoms with E-state index in [1.165, 1.54) is 11.1 Å². The molecule has 27 heavy (non-hydrogen) atoms. The Labute approximate surface area is 163 Å². The van der Waals surface area contributed by atoms with Gasteiger partial charge >= 0.3 is 0 Å². The minimum atomic E-state index is -0.170. The second kappa shape index (κ2) is 9.36. The normalized spacial score (nSPS) is 22.8. The molecule has 2 aromatic rings. The van der Waals surface area contributed by atoms with Gasteiger partial charge in [-0.3, -0.25) is 0 Å². The zero-order valence-corrected chi connectivity index (χ0v) is 16.6. The maximum Gasteiger partial charge on any atom is 0.123 e. The SMILES string of the molecule is CC(C)COc1ccc([CH]C2CCNC(C)C2Cc2ccc(F)cc2)cc1. The smallest absolute Gasteiger partial charge is 0.123 e. The Morgan fingerprint density at radius 2 is 1.81 bits per heavy atom. The van der Waals surface area contributed by atoms with Crippen molar-refractivity contribution in [3.8, 4) is 5.75 Å². The largest absolute Gasteiger partial charge is 0.493 e. The van der Waals surface area contributed by atoms with Crippen LogP contribution in [0.25, 0.3) is 0 Å². The third-order valence-electron chi connectivity index (χ3n) is 5.39. The summed E-state index contributed by atoms with van der Waals surface area (Å²) < 4.78 is 19.0. The Bertz CT molecular complexity index is 695. The van der Waals surface area contributed by atoms with Gasteiger partial charge in [0, 0.05) is 6.04 Å². The van der Waals surface area contributed by atoms with E-state index in [4.69, 9.17) is 4.74 Å². The van der Waals surface area contributed by atoms with Crippen LogP contribution in [0.5, 0.6) is 5.75 Å². The van der Waals surface area contributed by atoms with Crippen LogP contribution in [-0.4, -0.2) is 19.2 Å². The zero-order chi connectivity index (χ0) is 19.2. The van der Waals surface area contributed by atoms with E-state index < -0.39 is 0 Å². The van der Waals surface area contributed by atoms with Gasteiger partial charge in [0.05, 0.1) is 6.61 Å². The molecular weight excluding hydrogens is 337 g/mol. The number of benzene rings is 2. The Morgan fingerprint density at radius 3 is 2.48 bits per heavy atom. The molecule has 2 aromatic carbocycles. The van der Waals surface area contributed by atoms with Crippen molar-refractivity contribution in [2.75, 3.05) is 13.2 Å². The molecule has 0 amide bonds. The number of rotatable bonds is 7. The lowest BCUT2D eigenvalue weighted by molar-refractivity contribution is 0.225. The van der Waals surface area contributed by atoms with E-state index in [1.54, 1.807) is 12.1 Å². The number of halogens is 1. The summed E-state index contributed by atoms with van der Waals surface area (Å²) in [6, 6.07) is 15.8. The Balaban J connectivity index is 1.64. The second-order valence-electron chi connectivity index (χ2n) is 8.13. The molecule has 1 aliphatic rings. The molecule has 2 nitrogen and oxygen atoms in total. The molecule has 3 unspecified atom stereocenters. The number of ether oxygens (including phenoxy) is 1. The molecular formula is C24H31FNO. The molecule has 1 saturated heterocycles. The van der Waals surface area contributed by atoms with E-state index in [2.05, 4.69) is 56.8 Å². The van der Waals surface area contributed by atoms with Gasteiger partial charge in [-0.25, -0.2) is 4.39 Å². The van der Waals surface area contributed by atoms with Gasteiger partial charge in [-0.1, -0.05) is 38.1 Å². The van der Waals surface area contributed by atoms with Crippen molar-refractivity contribution in [1.82, 2.24) is 5.32 Å². The van der Waals surface area contributed by atoms with Gasteiger partial charge in [-0.2, -0.15) is 0 Å². The summed E-state index contributed by atoms with van der Waals surface area (Å²) >= 11 is 0. The van der Waals surface area contributed by atoms with Crippen molar-refractivity contribution in [3.63, 3.8) is 0 Å². The van der Waals surface area contributed by atoms with Crippen LogP contribution in [0, 0.1) is 30.0 Å². The highest BCUT2D eigenvalue weighted by molar-refractivity contribution is 5.32. The third-order valence-corrected chi connectivity index (χ3v) is 5.39. The third kappa shape index (κ3) is 5.80. The molecule has 1 fully saturated rings. The molecule has 1 heterocycles. The molecule has 0 bridgehead atoms. The minimum Gasteiger partial charge on any atom is -0.493 e. The van der Waals surface area contributed by atoms with Crippen molar-refractivity contribution in [1.29, 1.82) is 0 Å². The highest BCUT2D eigenvalue weighted by atomic mass is 19.1. The lowest BCUT2D eigenvalue weighted by atomic mass is 9.75. The van der Waals surface area contributed by atoms with Crippen LogP contribution in [0.1, 0.15) is 38.3 Å². The summed E-state index contributed by atoms with van der Waals surface area (Å²) in [5, 5.41) is 3.60. The fourth-order valence-electron chi connectivity index (χ4n) is 3.83. The van der Waals surface area contributed by atoms with Crippen LogP contribution in [0.15, 0.2) is 48.5 Å². The zero-order valence-electron chi connectivity index (χ0n) is 16.6. The summed E-state index contributed by atoms with van der Waals surface area (Å²) in [5.41, 5.74) is 2.45. The van der Waals surface area contributed by atoms with Crippen molar-refractivity contribution in [2.24, 2.45) is 17.8 Å². The van der Waals surface area contributed by atoms with Crippen LogP contribution < -0.4 is 10.1 Å². The van der Waals surface area contributed by atoms with Crippen LogP contribution in [0.3, 0.4) is 0 Å². The predicted octanol–water partition coefficient (Wildman–Crippen LogP) is 5.27. The Morgan fingerprint density at radius 1 is 1.11 bits per heavy atom. The standard InChI is InChI=1S/C24H31FNO/c1-17(2)16-27-23-10-6-19(7-11-23)14-21-12-13-26-18(3)24(21)15-20-4-8-22(25)9-5-20/h4-11,14,17-18,21,24,26H,12-13,15-16H2,1-3H3. The summed E-state index contributed by atoms with van der Waals surface area (Å²) in [4.78, 5) is 0. The summed E-state index contributed by atoms with van der Waals surface area (Å²) in [6.45, 7) is 8.35. The van der Waals surface area contributed by atoms with Gasteiger partial charge in [0.15, 0.2) is 0 Å². The van der Waals surface area contributed by atoms with Gasteiger partial charge in [-0.05, 0) is 85.9 Å². The number of nitrogens with one attached hydrogen (secondary N) is 1. The fourth-order valence-corrected chi connectivity index (χ4v) is 3.83. The Kier molecular flexibility index (Phi) is 6.89. The van der Waals surface area contributed by atoms with Crippen LogP contribution in [-0.2, 0) is 6.42 Å². The molecule has 0 saturated carbocycles. The molecule has 1 radical (unpaired) electrons. The first-order valence-electron chi connectivity index (χ1n) is 10.1. The highest BCUT2D eigenvalue weighted by Crippen LogP contribution is 2.32. The molecule has 0 spiro atoms. The van der Waals surface area contributed by atoms with Gasteiger partial charge in [-0.15, -0.1) is 0 Å². The number of piperidine rings is 1. The quantitative estimate of drug-likeness (QED) is 0.719. The lowest BCUT2D eigenvalue weighted by Gasteiger charge is -2.37. The summed E-state index contributed by atoms with van der Waals surface area (Å²) in [7, 11) is 0. The number of hydrogen-bond acceptors (Lipinski definition) is 2. The van der Waals surface area contributed by atoms with Gasteiger partial charge in [0.1, 0.15) is 11.6 Å². The average Bonchev–Trinajstić information content (AvgIpc) is 2.65. The van der Waals surface area contributed by atoms with Gasteiger partial charge < -0.3 is 10.1 Å². The molecule has 3 heteroatoms. The first-order chi connectivity index (χ1) is 13.0. The number of hydrogen-bond donors (Lipinski definition) is 1. The summed E-state index contributed by atoms with van der Waals surface area (Å²) in [5.74, 6) is 2.30. The Hall–Kier alpha value is -1.87. The van der Waals surface area contributed by atoms with Gasteiger partial charge in [0.2, 0.25) is 0 Å². The van der Waals surface area contributed by atoms with E-state index in [9.17, 15) is 4.39 Å². The first-order valence-corrected chi connectivity index (χ1v) is 10.1. The van der Waals surface area contributed by atoms with Crippen molar-refractivity contribution in [2.45, 2.75) is 39.7 Å².